The van der Waals surface area contributed by atoms with E-state index in [0.29, 0.717) is 12.3 Å². The van der Waals surface area contributed by atoms with E-state index >= 15 is 0 Å². The van der Waals surface area contributed by atoms with Crippen LogP contribution in [0.5, 0.6) is 0 Å². The molecule has 0 aliphatic rings. The summed E-state index contributed by atoms with van der Waals surface area (Å²) in [5.41, 5.74) is 1.08. The lowest BCUT2D eigenvalue weighted by Gasteiger charge is -2.30. The third kappa shape index (κ3) is 6.24. The van der Waals surface area contributed by atoms with Gasteiger partial charge in [-0.3, -0.25) is 9.10 Å². The standard InChI is InChI=1S/C20H25FN2O3S2/c1-3-18(23(28(2,25)26)19-12-8-7-11-17(19)21)20(24)22-13-14-27-15-16-9-5-4-6-10-16/h4-12,18H,3,13-15H2,1-2H3,(H,22,24). The summed E-state index contributed by atoms with van der Waals surface area (Å²) in [5, 5.41) is 2.77. The van der Waals surface area contributed by atoms with Gasteiger partial charge in [0.15, 0.2) is 0 Å². The summed E-state index contributed by atoms with van der Waals surface area (Å²) in [6.07, 6.45) is 1.20. The molecule has 5 nitrogen and oxygen atoms in total. The lowest BCUT2D eigenvalue weighted by molar-refractivity contribution is -0.122. The molecule has 0 fully saturated rings. The Bertz CT molecular complexity index is 876. The molecule has 0 aromatic heterocycles. The molecule has 0 heterocycles. The van der Waals surface area contributed by atoms with Gasteiger partial charge in [0, 0.05) is 18.1 Å². The number of nitrogens with one attached hydrogen (secondary N) is 1. The molecule has 1 unspecified atom stereocenters. The van der Waals surface area contributed by atoms with Crippen LogP contribution in [0.2, 0.25) is 0 Å². The van der Waals surface area contributed by atoms with Gasteiger partial charge in [-0.25, -0.2) is 12.8 Å². The van der Waals surface area contributed by atoms with E-state index in [0.717, 1.165) is 16.3 Å². The molecule has 0 bridgehead atoms. The van der Waals surface area contributed by atoms with E-state index in [4.69, 9.17) is 0 Å². The smallest absolute Gasteiger partial charge is 0.243 e. The fourth-order valence-electron chi connectivity index (χ4n) is 2.79. The topological polar surface area (TPSA) is 66.5 Å². The fraction of sp³-hybridized carbons (Fsp3) is 0.350. The van der Waals surface area contributed by atoms with E-state index < -0.39 is 27.8 Å². The number of sulfonamides is 1. The number of thioether (sulfide) groups is 1. The zero-order valence-corrected chi connectivity index (χ0v) is 17.6. The number of nitrogens with zero attached hydrogens (tertiary/aromatic N) is 1. The van der Waals surface area contributed by atoms with Crippen molar-refractivity contribution in [1.29, 1.82) is 0 Å². The molecule has 2 aromatic rings. The van der Waals surface area contributed by atoms with Crippen LogP contribution in [0.3, 0.4) is 0 Å². The van der Waals surface area contributed by atoms with Crippen molar-refractivity contribution in [2.24, 2.45) is 0 Å². The number of carbonyl (C=O) groups is 1. The molecule has 0 radical (unpaired) electrons. The van der Waals surface area contributed by atoms with Crippen molar-refractivity contribution < 1.29 is 17.6 Å². The lowest BCUT2D eigenvalue weighted by atomic mass is 10.2. The van der Waals surface area contributed by atoms with E-state index in [9.17, 15) is 17.6 Å². The molecular formula is C20H25FN2O3S2. The summed E-state index contributed by atoms with van der Waals surface area (Å²) in [5.74, 6) is 0.405. The molecule has 28 heavy (non-hydrogen) atoms. The Morgan fingerprint density at radius 1 is 1.14 bits per heavy atom. The van der Waals surface area contributed by atoms with Crippen molar-refractivity contribution in [2.45, 2.75) is 25.1 Å². The highest BCUT2D eigenvalue weighted by Crippen LogP contribution is 2.25. The predicted octanol–water partition coefficient (Wildman–Crippen LogP) is 3.42. The lowest BCUT2D eigenvalue weighted by Crippen LogP contribution is -2.50. The second kappa shape index (κ2) is 10.5. The van der Waals surface area contributed by atoms with Crippen LogP contribution < -0.4 is 9.62 Å². The highest BCUT2D eigenvalue weighted by Gasteiger charge is 2.32. The molecule has 0 aliphatic carbocycles. The van der Waals surface area contributed by atoms with E-state index in [2.05, 4.69) is 5.32 Å². The third-order valence-electron chi connectivity index (χ3n) is 4.08. The first kappa shape index (κ1) is 22.2. The summed E-state index contributed by atoms with van der Waals surface area (Å²) in [6, 6.07) is 14.5. The molecule has 2 rings (SSSR count). The van der Waals surface area contributed by atoms with Crippen molar-refractivity contribution in [3.8, 4) is 0 Å². The van der Waals surface area contributed by atoms with Crippen LogP contribution in [0, 0.1) is 5.82 Å². The van der Waals surface area contributed by atoms with Crippen LogP contribution in [-0.2, 0) is 20.6 Å². The molecular weight excluding hydrogens is 399 g/mol. The van der Waals surface area contributed by atoms with Crippen molar-refractivity contribution in [2.75, 3.05) is 22.9 Å². The summed E-state index contributed by atoms with van der Waals surface area (Å²) in [4.78, 5) is 12.6. The van der Waals surface area contributed by atoms with Gasteiger partial charge in [-0.1, -0.05) is 49.4 Å². The minimum absolute atomic E-state index is 0.120. The number of rotatable bonds is 10. The van der Waals surface area contributed by atoms with Gasteiger partial charge in [0.05, 0.1) is 11.9 Å². The van der Waals surface area contributed by atoms with Gasteiger partial charge in [0.1, 0.15) is 11.9 Å². The first-order chi connectivity index (χ1) is 13.3. The average molecular weight is 425 g/mol. The third-order valence-corrected chi connectivity index (χ3v) is 6.27. The predicted molar refractivity (Wildman–Crippen MR) is 113 cm³/mol. The van der Waals surface area contributed by atoms with Gasteiger partial charge >= 0.3 is 0 Å². The van der Waals surface area contributed by atoms with Gasteiger partial charge in [-0.2, -0.15) is 11.8 Å². The number of benzene rings is 2. The Balaban J connectivity index is 1.99. The highest BCUT2D eigenvalue weighted by atomic mass is 32.2. The molecule has 0 saturated carbocycles. The van der Waals surface area contributed by atoms with Crippen molar-refractivity contribution >= 4 is 33.4 Å². The molecule has 0 saturated heterocycles. The Kier molecular flexibility index (Phi) is 8.32. The average Bonchev–Trinajstić information content (AvgIpc) is 2.66. The van der Waals surface area contributed by atoms with Crippen molar-refractivity contribution in [3.63, 3.8) is 0 Å². The summed E-state index contributed by atoms with van der Waals surface area (Å²) in [7, 11) is -3.84. The van der Waals surface area contributed by atoms with Gasteiger partial charge in [-0.05, 0) is 24.1 Å². The van der Waals surface area contributed by atoms with Crippen LogP contribution in [0.25, 0.3) is 0 Å². The van der Waals surface area contributed by atoms with Crippen molar-refractivity contribution in [1.82, 2.24) is 5.32 Å². The minimum atomic E-state index is -3.84. The van der Waals surface area contributed by atoms with Crippen LogP contribution in [0.4, 0.5) is 10.1 Å². The van der Waals surface area contributed by atoms with E-state index in [-0.39, 0.29) is 12.1 Å². The van der Waals surface area contributed by atoms with Gasteiger partial charge in [0.25, 0.3) is 0 Å². The van der Waals surface area contributed by atoms with Gasteiger partial charge in [0.2, 0.25) is 15.9 Å². The van der Waals surface area contributed by atoms with Crippen LogP contribution in [-0.4, -0.2) is 38.9 Å². The summed E-state index contributed by atoms with van der Waals surface area (Å²) in [6.45, 7) is 2.11. The molecule has 1 atom stereocenters. The number of hydrogen-bond donors (Lipinski definition) is 1. The number of hydrogen-bond acceptors (Lipinski definition) is 4. The molecule has 2 aromatic carbocycles. The van der Waals surface area contributed by atoms with Crippen molar-refractivity contribution in [3.05, 3.63) is 66.0 Å². The van der Waals surface area contributed by atoms with Crippen LogP contribution in [0.1, 0.15) is 18.9 Å². The molecule has 152 valence electrons. The molecule has 0 spiro atoms. The number of para-hydroxylation sites is 1. The Hall–Kier alpha value is -2.06. The normalized spacial score (nSPS) is 12.4. The largest absolute Gasteiger partial charge is 0.353 e. The van der Waals surface area contributed by atoms with Crippen LogP contribution in [0.15, 0.2) is 54.6 Å². The second-order valence-corrected chi connectivity index (χ2v) is 9.23. The summed E-state index contributed by atoms with van der Waals surface area (Å²) < 4.78 is 39.7. The molecule has 1 N–H and O–H groups in total. The SMILES string of the molecule is CCC(C(=O)NCCSCc1ccccc1)N(c1ccccc1F)S(C)(=O)=O. The number of halogens is 1. The molecule has 1 amide bonds. The maximum Gasteiger partial charge on any atom is 0.243 e. The van der Waals surface area contributed by atoms with Gasteiger partial charge < -0.3 is 5.32 Å². The number of anilines is 1. The Morgan fingerprint density at radius 3 is 2.39 bits per heavy atom. The monoisotopic (exact) mass is 424 g/mol. The maximum atomic E-state index is 14.2. The Morgan fingerprint density at radius 2 is 1.79 bits per heavy atom. The fourth-order valence-corrected chi connectivity index (χ4v) is 4.83. The van der Waals surface area contributed by atoms with E-state index in [1.54, 1.807) is 24.8 Å². The zero-order valence-electron chi connectivity index (χ0n) is 16.0. The first-order valence-corrected chi connectivity index (χ1v) is 12.0. The highest BCUT2D eigenvalue weighted by molar-refractivity contribution is 7.98. The molecule has 0 aliphatic heterocycles. The van der Waals surface area contributed by atoms with Crippen LogP contribution >= 0.6 is 11.8 Å². The number of amides is 1. The summed E-state index contributed by atoms with van der Waals surface area (Å²) >= 11 is 1.67. The van der Waals surface area contributed by atoms with Gasteiger partial charge in [-0.15, -0.1) is 0 Å². The zero-order chi connectivity index (χ0) is 20.6. The number of carbonyl (C=O) groups excluding carboxylic acids is 1. The first-order valence-electron chi connectivity index (χ1n) is 8.98. The minimum Gasteiger partial charge on any atom is -0.353 e. The Labute approximate surface area is 170 Å². The van der Waals surface area contributed by atoms with E-state index in [1.165, 1.54) is 23.8 Å². The maximum absolute atomic E-state index is 14.2. The molecule has 8 heteroatoms. The second-order valence-electron chi connectivity index (χ2n) is 6.26. The van der Waals surface area contributed by atoms with E-state index in [1.807, 2.05) is 30.3 Å². The quantitative estimate of drug-likeness (QED) is 0.594.